The smallest absolute Gasteiger partial charge is 0.280 e. The molecule has 112 valence electrons. The summed E-state index contributed by atoms with van der Waals surface area (Å²) >= 11 is 0. The van der Waals surface area contributed by atoms with Crippen LogP contribution in [0.5, 0.6) is 0 Å². The maximum Gasteiger partial charge on any atom is 0.280 e. The van der Waals surface area contributed by atoms with Crippen molar-refractivity contribution in [2.45, 2.75) is 44.1 Å². The molecule has 0 atom stereocenters. The Morgan fingerprint density at radius 2 is 1.68 bits per heavy atom. The number of rotatable bonds is 4. The fraction of sp³-hybridized carbons (Fsp3) is 1.00. The average molecular weight is 291 g/mol. The van der Waals surface area contributed by atoms with Gasteiger partial charge in [0.15, 0.2) is 0 Å². The molecule has 1 saturated carbocycles. The molecule has 1 saturated heterocycles. The molecular weight excluding hydrogens is 266 g/mol. The zero-order chi connectivity index (χ0) is 13.8. The van der Waals surface area contributed by atoms with E-state index in [-0.39, 0.29) is 0 Å². The van der Waals surface area contributed by atoms with Gasteiger partial charge in [-0.15, -0.1) is 0 Å². The summed E-state index contributed by atoms with van der Waals surface area (Å²) in [5, 5.41) is 0. The van der Waals surface area contributed by atoms with Gasteiger partial charge < -0.3 is 10.5 Å². The van der Waals surface area contributed by atoms with E-state index in [1.54, 1.807) is 0 Å². The summed E-state index contributed by atoms with van der Waals surface area (Å²) < 4.78 is 34.4. The molecule has 0 bridgehead atoms. The van der Waals surface area contributed by atoms with Crippen molar-refractivity contribution in [1.82, 2.24) is 9.03 Å². The van der Waals surface area contributed by atoms with Crippen LogP contribution in [0.15, 0.2) is 0 Å². The van der Waals surface area contributed by atoms with Crippen molar-refractivity contribution in [2.24, 2.45) is 5.73 Å². The standard InChI is InChI=1S/C12H25N3O3S/c13-11-12(5-3-1-2-4-6-12)14-19(16,17)15-7-9-18-10-8-15/h14H,1-11,13H2. The summed E-state index contributed by atoms with van der Waals surface area (Å²) in [6, 6.07) is 0. The Morgan fingerprint density at radius 1 is 1.11 bits per heavy atom. The van der Waals surface area contributed by atoms with Crippen molar-refractivity contribution in [3.05, 3.63) is 0 Å². The first-order valence-electron chi connectivity index (χ1n) is 7.15. The zero-order valence-electron chi connectivity index (χ0n) is 11.4. The lowest BCUT2D eigenvalue weighted by Gasteiger charge is -2.35. The molecule has 3 N–H and O–H groups in total. The van der Waals surface area contributed by atoms with E-state index in [4.69, 9.17) is 10.5 Å². The second-order valence-electron chi connectivity index (χ2n) is 5.52. The van der Waals surface area contributed by atoms with Crippen LogP contribution >= 0.6 is 0 Å². The van der Waals surface area contributed by atoms with Crippen LogP contribution in [0, 0.1) is 0 Å². The largest absolute Gasteiger partial charge is 0.379 e. The van der Waals surface area contributed by atoms with Crippen molar-refractivity contribution in [3.63, 3.8) is 0 Å². The van der Waals surface area contributed by atoms with E-state index in [1.807, 2.05) is 0 Å². The number of hydrogen-bond donors (Lipinski definition) is 2. The van der Waals surface area contributed by atoms with Crippen molar-refractivity contribution in [1.29, 1.82) is 0 Å². The van der Waals surface area contributed by atoms with Crippen LogP contribution in [-0.2, 0) is 14.9 Å². The third-order valence-corrected chi connectivity index (χ3v) is 5.84. The van der Waals surface area contributed by atoms with Crippen LogP contribution in [0.3, 0.4) is 0 Å². The van der Waals surface area contributed by atoms with Crippen LogP contribution in [0.2, 0.25) is 0 Å². The Kier molecular flexibility index (Phi) is 5.19. The minimum absolute atomic E-state index is 0.372. The Labute approximate surface area is 115 Å². The highest BCUT2D eigenvalue weighted by Gasteiger charge is 2.36. The van der Waals surface area contributed by atoms with Gasteiger partial charge in [0.2, 0.25) is 0 Å². The quantitative estimate of drug-likeness (QED) is 0.725. The molecule has 0 radical (unpaired) electrons. The Bertz CT molecular complexity index is 372. The highest BCUT2D eigenvalue weighted by atomic mass is 32.2. The summed E-state index contributed by atoms with van der Waals surface area (Å²) in [5.74, 6) is 0. The summed E-state index contributed by atoms with van der Waals surface area (Å²) in [7, 11) is -3.45. The number of hydrogen-bond acceptors (Lipinski definition) is 4. The number of ether oxygens (including phenoxy) is 1. The molecule has 0 amide bonds. The molecule has 1 aliphatic carbocycles. The van der Waals surface area contributed by atoms with Gasteiger partial charge in [0.05, 0.1) is 13.2 Å². The average Bonchev–Trinajstić information content (AvgIpc) is 2.65. The molecule has 0 aromatic heterocycles. The van der Waals surface area contributed by atoms with Crippen LogP contribution < -0.4 is 10.5 Å². The molecule has 6 nitrogen and oxygen atoms in total. The van der Waals surface area contributed by atoms with Gasteiger partial charge in [-0.25, -0.2) is 0 Å². The molecule has 7 heteroatoms. The van der Waals surface area contributed by atoms with Gasteiger partial charge in [0.25, 0.3) is 10.2 Å². The maximum absolute atomic E-state index is 12.4. The second-order valence-corrected chi connectivity index (χ2v) is 7.19. The van der Waals surface area contributed by atoms with E-state index >= 15 is 0 Å². The van der Waals surface area contributed by atoms with Crippen molar-refractivity contribution < 1.29 is 13.2 Å². The van der Waals surface area contributed by atoms with Gasteiger partial charge in [-0.2, -0.15) is 17.4 Å². The van der Waals surface area contributed by atoms with Gasteiger partial charge in [0.1, 0.15) is 0 Å². The topological polar surface area (TPSA) is 84.7 Å². The molecule has 0 unspecified atom stereocenters. The molecule has 19 heavy (non-hydrogen) atoms. The summed E-state index contributed by atoms with van der Waals surface area (Å²) in [4.78, 5) is 0. The SMILES string of the molecule is NCC1(NS(=O)(=O)N2CCOCC2)CCCCCC1. The molecule has 1 aliphatic heterocycles. The fourth-order valence-electron chi connectivity index (χ4n) is 2.88. The number of nitrogens with zero attached hydrogens (tertiary/aromatic N) is 1. The molecule has 2 rings (SSSR count). The van der Waals surface area contributed by atoms with Crippen LogP contribution in [0.4, 0.5) is 0 Å². The minimum Gasteiger partial charge on any atom is -0.379 e. The van der Waals surface area contributed by atoms with Crippen molar-refractivity contribution in [2.75, 3.05) is 32.8 Å². The fourth-order valence-corrected chi connectivity index (χ4v) is 4.47. The molecule has 2 fully saturated rings. The molecule has 0 spiro atoms. The summed E-state index contributed by atoms with van der Waals surface area (Å²) in [6.07, 6.45) is 6.11. The third-order valence-electron chi connectivity index (χ3n) is 4.11. The van der Waals surface area contributed by atoms with Gasteiger partial charge >= 0.3 is 0 Å². The van der Waals surface area contributed by atoms with E-state index in [9.17, 15) is 8.42 Å². The Hall–Kier alpha value is -0.210. The predicted octanol–water partition coefficient (Wildman–Crippen LogP) is 0.205. The normalized spacial score (nSPS) is 25.9. The number of nitrogens with two attached hydrogens (primary N) is 1. The van der Waals surface area contributed by atoms with Crippen molar-refractivity contribution >= 4 is 10.2 Å². The second kappa shape index (κ2) is 6.49. The van der Waals surface area contributed by atoms with Gasteiger partial charge in [-0.1, -0.05) is 25.7 Å². The van der Waals surface area contributed by atoms with E-state index in [2.05, 4.69) is 4.72 Å². The maximum atomic E-state index is 12.4. The summed E-state index contributed by atoms with van der Waals surface area (Å²) in [5.41, 5.74) is 5.42. The Balaban J connectivity index is 2.07. The first-order chi connectivity index (χ1) is 9.08. The van der Waals surface area contributed by atoms with Gasteiger partial charge in [-0.05, 0) is 12.8 Å². The minimum atomic E-state index is -3.45. The molecule has 0 aromatic rings. The van der Waals surface area contributed by atoms with E-state index in [1.165, 1.54) is 17.1 Å². The van der Waals surface area contributed by atoms with Crippen LogP contribution in [-0.4, -0.2) is 51.1 Å². The van der Waals surface area contributed by atoms with Crippen LogP contribution in [0.25, 0.3) is 0 Å². The highest BCUT2D eigenvalue weighted by Crippen LogP contribution is 2.27. The zero-order valence-corrected chi connectivity index (χ0v) is 12.3. The first kappa shape index (κ1) is 15.2. The molecule has 1 heterocycles. The van der Waals surface area contributed by atoms with Crippen molar-refractivity contribution in [3.8, 4) is 0 Å². The summed E-state index contributed by atoms with van der Waals surface area (Å²) in [6.45, 7) is 2.16. The molecular formula is C12H25N3O3S. The van der Waals surface area contributed by atoms with Gasteiger partial charge in [0, 0.05) is 25.2 Å². The van der Waals surface area contributed by atoms with Gasteiger partial charge in [-0.3, -0.25) is 0 Å². The molecule has 0 aromatic carbocycles. The first-order valence-corrected chi connectivity index (χ1v) is 8.59. The monoisotopic (exact) mass is 291 g/mol. The number of nitrogens with one attached hydrogen (secondary N) is 1. The van der Waals surface area contributed by atoms with E-state index in [0.29, 0.717) is 32.8 Å². The molecule has 2 aliphatic rings. The highest BCUT2D eigenvalue weighted by molar-refractivity contribution is 7.87. The lowest BCUT2D eigenvalue weighted by atomic mass is 9.92. The van der Waals surface area contributed by atoms with Crippen LogP contribution in [0.1, 0.15) is 38.5 Å². The lowest BCUT2D eigenvalue weighted by molar-refractivity contribution is 0.0718. The predicted molar refractivity (Wildman–Crippen MR) is 73.9 cm³/mol. The Morgan fingerprint density at radius 3 is 2.21 bits per heavy atom. The van der Waals surface area contributed by atoms with E-state index < -0.39 is 15.7 Å². The lowest BCUT2D eigenvalue weighted by Crippen LogP contribution is -2.58. The number of morpholine rings is 1. The van der Waals surface area contributed by atoms with E-state index in [0.717, 1.165) is 25.7 Å². The third kappa shape index (κ3) is 3.88.